The van der Waals surface area contributed by atoms with Crippen molar-refractivity contribution in [2.24, 2.45) is 0 Å². The van der Waals surface area contributed by atoms with E-state index in [-0.39, 0.29) is 0 Å². The van der Waals surface area contributed by atoms with Crippen molar-refractivity contribution in [3.63, 3.8) is 0 Å². The van der Waals surface area contributed by atoms with Gasteiger partial charge >= 0.3 is 0 Å². The van der Waals surface area contributed by atoms with E-state index in [4.69, 9.17) is 0 Å². The molecule has 0 spiro atoms. The zero-order valence-electron chi connectivity index (χ0n) is 10.7. The second kappa shape index (κ2) is 5.46. The van der Waals surface area contributed by atoms with Crippen LogP contribution in [0.2, 0.25) is 0 Å². The molecule has 0 saturated carbocycles. The fraction of sp³-hybridized carbons (Fsp3) is 0.154. The quantitative estimate of drug-likeness (QED) is 0.439. The molecule has 102 valence electrons. The van der Waals surface area contributed by atoms with Crippen LogP contribution in [0.4, 0.5) is 10.2 Å². The number of nitrogens with zero attached hydrogens (tertiary/aromatic N) is 3. The van der Waals surface area contributed by atoms with E-state index in [2.05, 4.69) is 25.3 Å². The minimum Gasteiger partial charge on any atom is -0.365 e. The van der Waals surface area contributed by atoms with Gasteiger partial charge in [0, 0.05) is 24.5 Å². The molecule has 0 aliphatic heterocycles. The van der Waals surface area contributed by atoms with Gasteiger partial charge in [-0.05, 0) is 18.4 Å². The van der Waals surface area contributed by atoms with Crippen LogP contribution in [0.15, 0.2) is 35.7 Å². The second-order valence-electron chi connectivity index (χ2n) is 4.11. The highest BCUT2D eigenvalue weighted by Gasteiger charge is 2.09. The van der Waals surface area contributed by atoms with E-state index in [1.165, 1.54) is 18.0 Å². The SMILES string of the molecule is CSc1nc(NCc2cccnc2F)c2cc[nH]c2n1. The van der Waals surface area contributed by atoms with Crippen molar-refractivity contribution in [1.82, 2.24) is 19.9 Å². The maximum Gasteiger partial charge on any atom is 0.217 e. The standard InChI is InChI=1S/C13H12FN5S/c1-20-13-18-11-9(4-6-16-11)12(19-13)17-7-8-3-2-5-15-10(8)14/h2-6H,7H2,1H3,(H2,16,17,18,19). The number of aromatic nitrogens is 4. The highest BCUT2D eigenvalue weighted by atomic mass is 32.2. The molecular formula is C13H12FN5S. The molecule has 0 atom stereocenters. The summed E-state index contributed by atoms with van der Waals surface area (Å²) in [6.07, 6.45) is 5.15. The third-order valence-corrected chi connectivity index (χ3v) is 3.41. The van der Waals surface area contributed by atoms with E-state index in [1.54, 1.807) is 18.3 Å². The van der Waals surface area contributed by atoms with Gasteiger partial charge in [0.15, 0.2) is 5.16 Å². The predicted molar refractivity (Wildman–Crippen MR) is 77.2 cm³/mol. The van der Waals surface area contributed by atoms with Crippen molar-refractivity contribution in [2.45, 2.75) is 11.7 Å². The topological polar surface area (TPSA) is 66.5 Å². The number of aromatic amines is 1. The zero-order chi connectivity index (χ0) is 13.9. The fourth-order valence-corrected chi connectivity index (χ4v) is 2.24. The summed E-state index contributed by atoms with van der Waals surface area (Å²) in [4.78, 5) is 15.5. The number of H-pyrrole nitrogens is 1. The average molecular weight is 289 g/mol. The van der Waals surface area contributed by atoms with Gasteiger partial charge in [-0.25, -0.2) is 15.0 Å². The molecule has 0 amide bonds. The normalized spacial score (nSPS) is 10.9. The first-order chi connectivity index (χ1) is 9.78. The van der Waals surface area contributed by atoms with E-state index in [9.17, 15) is 4.39 Å². The number of nitrogens with one attached hydrogen (secondary N) is 2. The highest BCUT2D eigenvalue weighted by molar-refractivity contribution is 7.98. The number of halogens is 1. The lowest BCUT2D eigenvalue weighted by Gasteiger charge is -2.08. The lowest BCUT2D eigenvalue weighted by Crippen LogP contribution is -2.05. The Morgan fingerprint density at radius 3 is 3.05 bits per heavy atom. The Labute approximate surface area is 119 Å². The summed E-state index contributed by atoms with van der Waals surface area (Å²) in [6.45, 7) is 0.324. The summed E-state index contributed by atoms with van der Waals surface area (Å²) in [5.41, 5.74) is 1.26. The Hall–Kier alpha value is -2.15. The van der Waals surface area contributed by atoms with Crippen molar-refractivity contribution in [3.05, 3.63) is 42.1 Å². The van der Waals surface area contributed by atoms with Crippen LogP contribution in [0.1, 0.15) is 5.56 Å². The molecule has 0 saturated heterocycles. The van der Waals surface area contributed by atoms with Crippen LogP contribution < -0.4 is 5.32 Å². The molecule has 0 fully saturated rings. The molecule has 3 aromatic rings. The minimum atomic E-state index is -0.468. The molecule has 0 aliphatic rings. The molecule has 0 aromatic carbocycles. The Bertz CT molecular complexity index is 742. The molecule has 0 aliphatic carbocycles. The predicted octanol–water partition coefficient (Wildman–Crippen LogP) is 2.83. The average Bonchev–Trinajstić information content (AvgIpc) is 2.94. The number of pyridine rings is 1. The smallest absolute Gasteiger partial charge is 0.217 e. The third kappa shape index (κ3) is 2.44. The van der Waals surface area contributed by atoms with Gasteiger partial charge < -0.3 is 10.3 Å². The molecule has 3 aromatic heterocycles. The van der Waals surface area contributed by atoms with Crippen LogP contribution in [0.3, 0.4) is 0 Å². The van der Waals surface area contributed by atoms with E-state index in [0.29, 0.717) is 23.1 Å². The number of hydrogen-bond donors (Lipinski definition) is 2. The monoisotopic (exact) mass is 289 g/mol. The third-order valence-electron chi connectivity index (χ3n) is 2.86. The summed E-state index contributed by atoms with van der Waals surface area (Å²) in [7, 11) is 0. The van der Waals surface area contributed by atoms with Crippen molar-refractivity contribution < 1.29 is 4.39 Å². The number of hydrogen-bond acceptors (Lipinski definition) is 5. The van der Waals surface area contributed by atoms with Crippen LogP contribution in [-0.4, -0.2) is 26.2 Å². The molecule has 2 N–H and O–H groups in total. The first-order valence-corrected chi connectivity index (χ1v) is 7.23. The van der Waals surface area contributed by atoms with Gasteiger partial charge in [-0.3, -0.25) is 0 Å². The molecule has 3 rings (SSSR count). The van der Waals surface area contributed by atoms with Gasteiger partial charge in [0.25, 0.3) is 0 Å². The van der Waals surface area contributed by atoms with Gasteiger partial charge in [0.2, 0.25) is 5.95 Å². The number of rotatable bonds is 4. The van der Waals surface area contributed by atoms with Gasteiger partial charge in [0.05, 0.1) is 5.39 Å². The fourth-order valence-electron chi connectivity index (χ4n) is 1.88. The molecule has 0 bridgehead atoms. The minimum absolute atomic E-state index is 0.324. The molecule has 7 heteroatoms. The van der Waals surface area contributed by atoms with E-state index < -0.39 is 5.95 Å². The summed E-state index contributed by atoms with van der Waals surface area (Å²) < 4.78 is 13.5. The van der Waals surface area contributed by atoms with Crippen LogP contribution >= 0.6 is 11.8 Å². The molecule has 0 radical (unpaired) electrons. The Kier molecular flexibility index (Phi) is 3.51. The summed E-state index contributed by atoms with van der Waals surface area (Å²) >= 11 is 1.46. The van der Waals surface area contributed by atoms with Crippen LogP contribution in [0.25, 0.3) is 11.0 Å². The number of anilines is 1. The molecule has 3 heterocycles. The second-order valence-corrected chi connectivity index (χ2v) is 4.88. The van der Waals surface area contributed by atoms with Crippen LogP contribution in [-0.2, 0) is 6.54 Å². The first kappa shape index (κ1) is 12.9. The lowest BCUT2D eigenvalue weighted by molar-refractivity contribution is 0.569. The van der Waals surface area contributed by atoms with E-state index >= 15 is 0 Å². The Morgan fingerprint density at radius 1 is 1.35 bits per heavy atom. The van der Waals surface area contributed by atoms with Gasteiger partial charge in [-0.15, -0.1) is 0 Å². The largest absolute Gasteiger partial charge is 0.365 e. The van der Waals surface area contributed by atoms with Crippen molar-refractivity contribution in [2.75, 3.05) is 11.6 Å². The Morgan fingerprint density at radius 2 is 2.25 bits per heavy atom. The lowest BCUT2D eigenvalue weighted by atomic mass is 10.2. The zero-order valence-corrected chi connectivity index (χ0v) is 11.5. The van der Waals surface area contributed by atoms with Crippen molar-refractivity contribution in [1.29, 1.82) is 0 Å². The van der Waals surface area contributed by atoms with Gasteiger partial charge in [-0.1, -0.05) is 17.8 Å². The van der Waals surface area contributed by atoms with Gasteiger partial charge in [0.1, 0.15) is 11.5 Å². The first-order valence-electron chi connectivity index (χ1n) is 6.00. The van der Waals surface area contributed by atoms with E-state index in [1.807, 2.05) is 12.3 Å². The molecular weight excluding hydrogens is 277 g/mol. The van der Waals surface area contributed by atoms with Crippen LogP contribution in [0.5, 0.6) is 0 Å². The summed E-state index contributed by atoms with van der Waals surface area (Å²) in [6, 6.07) is 5.29. The van der Waals surface area contributed by atoms with Gasteiger partial charge in [-0.2, -0.15) is 4.39 Å². The molecule has 5 nitrogen and oxygen atoms in total. The molecule has 0 unspecified atom stereocenters. The maximum atomic E-state index is 13.5. The van der Waals surface area contributed by atoms with E-state index in [0.717, 1.165) is 11.0 Å². The Balaban J connectivity index is 1.90. The summed E-state index contributed by atoms with van der Waals surface area (Å²) in [5, 5.41) is 4.68. The number of fused-ring (bicyclic) bond motifs is 1. The van der Waals surface area contributed by atoms with Crippen molar-refractivity contribution >= 4 is 28.6 Å². The van der Waals surface area contributed by atoms with Crippen LogP contribution in [0, 0.1) is 5.95 Å². The molecule has 20 heavy (non-hydrogen) atoms. The maximum absolute atomic E-state index is 13.5. The number of thioether (sulfide) groups is 1. The highest BCUT2D eigenvalue weighted by Crippen LogP contribution is 2.23. The summed E-state index contributed by atoms with van der Waals surface area (Å²) in [5.74, 6) is 0.216. The van der Waals surface area contributed by atoms with Crippen molar-refractivity contribution in [3.8, 4) is 0 Å².